The number of anilines is 1. The number of rotatable bonds is 7. The van der Waals surface area contributed by atoms with Gasteiger partial charge in [-0.1, -0.05) is 30.3 Å². The molecule has 2 N–H and O–H groups in total. The van der Waals surface area contributed by atoms with Crippen LogP contribution in [0.3, 0.4) is 0 Å². The highest BCUT2D eigenvalue weighted by molar-refractivity contribution is 5.81. The molecule has 6 nitrogen and oxygen atoms in total. The van der Waals surface area contributed by atoms with Gasteiger partial charge in [-0.2, -0.15) is 0 Å². The SMILES string of the molecule is CC(CCNc1ncnc2nc[nH]c12)N(C)Cc1ccccc1. The summed E-state index contributed by atoms with van der Waals surface area (Å²) < 4.78 is 0. The number of nitrogens with one attached hydrogen (secondary N) is 2. The molecule has 3 rings (SSSR count). The highest BCUT2D eigenvalue weighted by atomic mass is 15.1. The van der Waals surface area contributed by atoms with Gasteiger partial charge >= 0.3 is 0 Å². The van der Waals surface area contributed by atoms with Crippen molar-refractivity contribution in [3.05, 3.63) is 48.5 Å². The minimum absolute atomic E-state index is 0.474. The van der Waals surface area contributed by atoms with E-state index < -0.39 is 0 Å². The van der Waals surface area contributed by atoms with Crippen LogP contribution in [0.15, 0.2) is 43.0 Å². The first-order chi connectivity index (χ1) is 11.2. The molecule has 3 aromatic rings. The van der Waals surface area contributed by atoms with E-state index in [-0.39, 0.29) is 0 Å². The first-order valence-corrected chi connectivity index (χ1v) is 7.86. The van der Waals surface area contributed by atoms with Crippen LogP contribution >= 0.6 is 0 Å². The van der Waals surface area contributed by atoms with Gasteiger partial charge in [0, 0.05) is 19.1 Å². The molecule has 0 aliphatic carbocycles. The molecule has 1 unspecified atom stereocenters. The lowest BCUT2D eigenvalue weighted by Crippen LogP contribution is -2.30. The molecule has 120 valence electrons. The molecule has 2 aromatic heterocycles. The lowest BCUT2D eigenvalue weighted by molar-refractivity contribution is 0.242. The fourth-order valence-corrected chi connectivity index (χ4v) is 2.55. The van der Waals surface area contributed by atoms with Crippen molar-refractivity contribution in [1.82, 2.24) is 24.8 Å². The second-order valence-corrected chi connectivity index (χ2v) is 5.79. The van der Waals surface area contributed by atoms with Gasteiger partial charge in [-0.15, -0.1) is 0 Å². The van der Waals surface area contributed by atoms with Crippen molar-refractivity contribution in [2.45, 2.75) is 25.9 Å². The number of aromatic nitrogens is 4. The van der Waals surface area contributed by atoms with Crippen LogP contribution in [0.4, 0.5) is 5.82 Å². The van der Waals surface area contributed by atoms with Crippen LogP contribution in [-0.4, -0.2) is 44.5 Å². The Morgan fingerprint density at radius 2 is 2.00 bits per heavy atom. The van der Waals surface area contributed by atoms with E-state index in [1.807, 2.05) is 0 Å². The summed E-state index contributed by atoms with van der Waals surface area (Å²) in [5, 5.41) is 3.37. The molecule has 1 atom stereocenters. The van der Waals surface area contributed by atoms with Gasteiger partial charge in [-0.25, -0.2) is 15.0 Å². The maximum Gasteiger partial charge on any atom is 0.182 e. The lowest BCUT2D eigenvalue weighted by atomic mass is 10.1. The lowest BCUT2D eigenvalue weighted by Gasteiger charge is -2.25. The molecule has 0 radical (unpaired) electrons. The Hall–Kier alpha value is -2.47. The molecule has 23 heavy (non-hydrogen) atoms. The Morgan fingerprint density at radius 3 is 2.83 bits per heavy atom. The van der Waals surface area contributed by atoms with Gasteiger partial charge in [0.1, 0.15) is 11.8 Å². The minimum Gasteiger partial charge on any atom is -0.368 e. The molecule has 0 saturated carbocycles. The number of aromatic amines is 1. The van der Waals surface area contributed by atoms with Crippen LogP contribution in [-0.2, 0) is 6.54 Å². The predicted octanol–water partition coefficient (Wildman–Crippen LogP) is 2.68. The van der Waals surface area contributed by atoms with Gasteiger partial charge in [0.15, 0.2) is 11.5 Å². The second-order valence-electron chi connectivity index (χ2n) is 5.79. The largest absolute Gasteiger partial charge is 0.368 e. The molecular formula is C17H22N6. The molecule has 0 aliphatic heterocycles. The van der Waals surface area contributed by atoms with E-state index in [0.717, 1.165) is 30.8 Å². The molecule has 2 heterocycles. The Labute approximate surface area is 136 Å². The van der Waals surface area contributed by atoms with E-state index >= 15 is 0 Å². The fraction of sp³-hybridized carbons (Fsp3) is 0.353. The maximum absolute atomic E-state index is 4.28. The standard InChI is InChI=1S/C17H22N6/c1-13(23(2)10-14-6-4-3-5-7-14)8-9-18-16-15-17(20-11-19-15)22-12-21-16/h3-7,11-13H,8-10H2,1-2H3,(H2,18,19,20,21,22). The van der Waals surface area contributed by atoms with Crippen molar-refractivity contribution in [1.29, 1.82) is 0 Å². The molecule has 0 spiro atoms. The van der Waals surface area contributed by atoms with Crippen LogP contribution in [0.5, 0.6) is 0 Å². The molecule has 0 fully saturated rings. The van der Waals surface area contributed by atoms with Gasteiger partial charge < -0.3 is 10.3 Å². The maximum atomic E-state index is 4.28. The fourth-order valence-electron chi connectivity index (χ4n) is 2.55. The van der Waals surface area contributed by atoms with Crippen molar-refractivity contribution >= 4 is 17.0 Å². The second kappa shape index (κ2) is 7.19. The van der Waals surface area contributed by atoms with Crippen LogP contribution in [0.2, 0.25) is 0 Å². The first kappa shape index (κ1) is 15.4. The molecule has 0 amide bonds. The molecule has 0 saturated heterocycles. The highest BCUT2D eigenvalue weighted by Crippen LogP contribution is 2.15. The van der Waals surface area contributed by atoms with Crippen LogP contribution < -0.4 is 5.32 Å². The van der Waals surface area contributed by atoms with Crippen molar-refractivity contribution in [2.24, 2.45) is 0 Å². The molecule has 6 heteroatoms. The average Bonchev–Trinajstić information content (AvgIpc) is 3.05. The van der Waals surface area contributed by atoms with Gasteiger partial charge in [0.2, 0.25) is 0 Å². The van der Waals surface area contributed by atoms with E-state index in [2.05, 4.69) is 74.5 Å². The van der Waals surface area contributed by atoms with Gasteiger partial charge in [0.05, 0.1) is 6.33 Å². The van der Waals surface area contributed by atoms with Crippen molar-refractivity contribution in [2.75, 3.05) is 18.9 Å². The number of benzene rings is 1. The summed E-state index contributed by atoms with van der Waals surface area (Å²) in [6.07, 6.45) is 4.21. The summed E-state index contributed by atoms with van der Waals surface area (Å²) in [4.78, 5) is 18.0. The summed E-state index contributed by atoms with van der Waals surface area (Å²) >= 11 is 0. The van der Waals surface area contributed by atoms with E-state index in [1.54, 1.807) is 6.33 Å². The molecule has 0 aliphatic rings. The Balaban J connectivity index is 1.51. The number of H-pyrrole nitrogens is 1. The Bertz CT molecular complexity index is 739. The van der Waals surface area contributed by atoms with Gasteiger partial charge in [0.25, 0.3) is 0 Å². The summed E-state index contributed by atoms with van der Waals surface area (Å²) in [6.45, 7) is 4.06. The topological polar surface area (TPSA) is 69.7 Å². The van der Waals surface area contributed by atoms with E-state index in [0.29, 0.717) is 11.7 Å². The van der Waals surface area contributed by atoms with Crippen molar-refractivity contribution in [3.63, 3.8) is 0 Å². The number of nitrogens with zero attached hydrogens (tertiary/aromatic N) is 4. The summed E-state index contributed by atoms with van der Waals surface area (Å²) in [6, 6.07) is 11.0. The average molecular weight is 310 g/mol. The summed E-state index contributed by atoms with van der Waals surface area (Å²) in [7, 11) is 2.16. The summed E-state index contributed by atoms with van der Waals surface area (Å²) in [5.41, 5.74) is 2.89. The monoisotopic (exact) mass is 310 g/mol. The molecule has 0 bridgehead atoms. The van der Waals surface area contributed by atoms with Crippen LogP contribution in [0.1, 0.15) is 18.9 Å². The molecular weight excluding hydrogens is 288 g/mol. The predicted molar refractivity (Wildman–Crippen MR) is 92.2 cm³/mol. The zero-order valence-corrected chi connectivity index (χ0v) is 13.5. The quantitative estimate of drug-likeness (QED) is 0.702. The number of imidazole rings is 1. The van der Waals surface area contributed by atoms with Crippen molar-refractivity contribution < 1.29 is 0 Å². The Morgan fingerprint density at radius 1 is 1.17 bits per heavy atom. The highest BCUT2D eigenvalue weighted by Gasteiger charge is 2.10. The van der Waals surface area contributed by atoms with Crippen molar-refractivity contribution in [3.8, 4) is 0 Å². The Kier molecular flexibility index (Phi) is 4.83. The van der Waals surface area contributed by atoms with E-state index in [1.165, 1.54) is 11.9 Å². The van der Waals surface area contributed by atoms with Crippen LogP contribution in [0.25, 0.3) is 11.2 Å². The number of hydrogen-bond donors (Lipinski definition) is 2. The zero-order valence-electron chi connectivity index (χ0n) is 13.5. The summed E-state index contributed by atoms with van der Waals surface area (Å²) in [5.74, 6) is 0.811. The third-order valence-electron chi connectivity index (χ3n) is 4.10. The van der Waals surface area contributed by atoms with E-state index in [9.17, 15) is 0 Å². The van der Waals surface area contributed by atoms with Crippen LogP contribution in [0, 0.1) is 0 Å². The third kappa shape index (κ3) is 3.84. The first-order valence-electron chi connectivity index (χ1n) is 7.86. The smallest absolute Gasteiger partial charge is 0.182 e. The number of hydrogen-bond acceptors (Lipinski definition) is 5. The molecule has 1 aromatic carbocycles. The van der Waals surface area contributed by atoms with Gasteiger partial charge in [-0.3, -0.25) is 4.90 Å². The van der Waals surface area contributed by atoms with Gasteiger partial charge in [-0.05, 0) is 26.0 Å². The zero-order chi connectivity index (χ0) is 16.1. The normalized spacial score (nSPS) is 12.7. The van der Waals surface area contributed by atoms with E-state index in [4.69, 9.17) is 0 Å². The third-order valence-corrected chi connectivity index (χ3v) is 4.10. The minimum atomic E-state index is 0.474. The number of fused-ring (bicyclic) bond motifs is 1.